The Morgan fingerprint density at radius 2 is 1.78 bits per heavy atom. The van der Waals surface area contributed by atoms with Gasteiger partial charge in [-0.15, -0.1) is 0 Å². The van der Waals surface area contributed by atoms with Gasteiger partial charge in [-0.2, -0.15) is 0 Å². The predicted octanol–water partition coefficient (Wildman–Crippen LogP) is 4.19. The predicted molar refractivity (Wildman–Crippen MR) is 95.4 cm³/mol. The lowest BCUT2D eigenvalue weighted by Gasteiger charge is -2.17. The highest BCUT2D eigenvalue weighted by atomic mass is 79.9. The van der Waals surface area contributed by atoms with Crippen molar-refractivity contribution in [3.8, 4) is 33.8 Å². The molecule has 0 aliphatic carbocycles. The summed E-state index contributed by atoms with van der Waals surface area (Å²) in [4.78, 5) is 8.69. The van der Waals surface area contributed by atoms with Gasteiger partial charge in [0.1, 0.15) is 0 Å². The van der Waals surface area contributed by atoms with Crippen molar-refractivity contribution in [3.63, 3.8) is 0 Å². The van der Waals surface area contributed by atoms with Crippen molar-refractivity contribution in [2.24, 2.45) is 0 Å². The van der Waals surface area contributed by atoms with Gasteiger partial charge in [-0.3, -0.25) is 14.6 Å². The molecule has 2 aliphatic heterocycles. The van der Waals surface area contributed by atoms with Crippen molar-refractivity contribution >= 4 is 15.9 Å². The fraction of sp³-hybridized carbons (Fsp3) is 0. The first kappa shape index (κ1) is 14.0. The van der Waals surface area contributed by atoms with E-state index in [0.29, 0.717) is 0 Å². The van der Waals surface area contributed by atoms with E-state index in [2.05, 4.69) is 32.0 Å². The Hall–Kier alpha value is -2.66. The van der Waals surface area contributed by atoms with E-state index in [-0.39, 0.29) is 0 Å². The number of hydrogen-bond acceptors (Lipinski definition) is 3. The number of benzene rings is 1. The first-order valence-electron chi connectivity index (χ1n) is 7.16. The standard InChI is InChI=1S/C18H13BrN4/c19-14-5-1-3-12(9-14)17-10-15(13-4-2-7-21-11-13)18-16(23(17)20)6-8-22-18/h1-11H,20H2. The van der Waals surface area contributed by atoms with Gasteiger partial charge in [-0.1, -0.05) is 34.1 Å². The van der Waals surface area contributed by atoms with E-state index < -0.39 is 0 Å². The smallest absolute Gasteiger partial charge is 0.0966 e. The number of hydrogen-bond donors (Lipinski definition) is 1. The minimum atomic E-state index is 0.874. The van der Waals surface area contributed by atoms with Crippen molar-refractivity contribution in [2.45, 2.75) is 0 Å². The van der Waals surface area contributed by atoms with Gasteiger partial charge in [0.05, 0.1) is 17.1 Å². The van der Waals surface area contributed by atoms with Crippen molar-refractivity contribution in [2.75, 3.05) is 5.84 Å². The van der Waals surface area contributed by atoms with E-state index >= 15 is 0 Å². The van der Waals surface area contributed by atoms with Crippen LogP contribution in [0.15, 0.2) is 71.6 Å². The molecule has 4 nitrogen and oxygen atoms in total. The second kappa shape index (κ2) is 5.52. The van der Waals surface area contributed by atoms with Crippen LogP contribution in [0.3, 0.4) is 0 Å². The van der Waals surface area contributed by atoms with Crippen LogP contribution in [-0.2, 0) is 0 Å². The molecule has 3 heterocycles. The fourth-order valence-corrected chi connectivity index (χ4v) is 3.15. The van der Waals surface area contributed by atoms with Gasteiger partial charge in [0.15, 0.2) is 0 Å². The Labute approximate surface area is 142 Å². The van der Waals surface area contributed by atoms with Crippen LogP contribution in [-0.4, -0.2) is 14.6 Å². The van der Waals surface area contributed by atoms with Crippen molar-refractivity contribution in [1.82, 2.24) is 14.6 Å². The second-order valence-electron chi connectivity index (χ2n) is 5.24. The van der Waals surface area contributed by atoms with Crippen LogP contribution in [0.4, 0.5) is 0 Å². The van der Waals surface area contributed by atoms with E-state index in [1.807, 2.05) is 48.7 Å². The van der Waals surface area contributed by atoms with E-state index in [1.54, 1.807) is 17.1 Å². The summed E-state index contributed by atoms with van der Waals surface area (Å²) in [5.41, 5.74) is 5.77. The van der Waals surface area contributed by atoms with Crippen molar-refractivity contribution in [3.05, 3.63) is 71.6 Å². The van der Waals surface area contributed by atoms with Crippen molar-refractivity contribution in [1.29, 1.82) is 0 Å². The zero-order valence-electron chi connectivity index (χ0n) is 12.1. The van der Waals surface area contributed by atoms with Crippen LogP contribution in [0.5, 0.6) is 0 Å². The Morgan fingerprint density at radius 1 is 0.913 bits per heavy atom. The molecule has 5 heteroatoms. The lowest BCUT2D eigenvalue weighted by atomic mass is 10.0. The third kappa shape index (κ3) is 2.39. The van der Waals surface area contributed by atoms with Gasteiger partial charge in [0, 0.05) is 39.8 Å². The molecule has 2 N–H and O–H groups in total. The number of nitrogens with zero attached hydrogens (tertiary/aromatic N) is 3. The van der Waals surface area contributed by atoms with Gasteiger partial charge < -0.3 is 5.84 Å². The summed E-state index contributed by atoms with van der Waals surface area (Å²) in [6.45, 7) is 0. The van der Waals surface area contributed by atoms with Crippen LogP contribution < -0.4 is 5.84 Å². The fourth-order valence-electron chi connectivity index (χ4n) is 2.75. The summed E-state index contributed by atoms with van der Waals surface area (Å²) >= 11 is 3.52. The van der Waals surface area contributed by atoms with E-state index in [4.69, 9.17) is 5.84 Å². The van der Waals surface area contributed by atoms with E-state index in [1.165, 1.54) is 0 Å². The molecule has 0 spiro atoms. The highest BCUT2D eigenvalue weighted by Gasteiger charge is 2.18. The third-order valence-electron chi connectivity index (χ3n) is 3.83. The molecule has 0 saturated carbocycles. The van der Waals surface area contributed by atoms with Gasteiger partial charge in [-0.25, -0.2) is 0 Å². The molecule has 112 valence electrons. The summed E-state index contributed by atoms with van der Waals surface area (Å²) < 4.78 is 2.70. The summed E-state index contributed by atoms with van der Waals surface area (Å²) in [7, 11) is 0. The van der Waals surface area contributed by atoms with Crippen LogP contribution >= 0.6 is 15.9 Å². The van der Waals surface area contributed by atoms with Crippen molar-refractivity contribution < 1.29 is 0 Å². The van der Waals surface area contributed by atoms with E-state index in [0.717, 1.165) is 38.2 Å². The van der Waals surface area contributed by atoms with Gasteiger partial charge in [-0.05, 0) is 30.3 Å². The Bertz CT molecular complexity index is 946. The molecular weight excluding hydrogens is 352 g/mol. The first-order valence-corrected chi connectivity index (χ1v) is 7.95. The van der Waals surface area contributed by atoms with Gasteiger partial charge in [0.2, 0.25) is 0 Å². The molecule has 4 rings (SSSR count). The molecule has 0 radical (unpaired) electrons. The lowest BCUT2D eigenvalue weighted by molar-refractivity contribution is 1.01. The number of pyridine rings is 2. The molecule has 2 aliphatic rings. The topological polar surface area (TPSA) is 56.7 Å². The molecule has 1 aromatic heterocycles. The maximum Gasteiger partial charge on any atom is 0.0966 e. The summed E-state index contributed by atoms with van der Waals surface area (Å²) in [5.74, 6) is 6.34. The van der Waals surface area contributed by atoms with Crippen LogP contribution in [0.1, 0.15) is 0 Å². The number of rotatable bonds is 2. The maximum absolute atomic E-state index is 6.34. The normalized spacial score (nSPS) is 11.0. The minimum Gasteiger partial charge on any atom is -0.339 e. The van der Waals surface area contributed by atoms with E-state index in [9.17, 15) is 0 Å². The van der Waals surface area contributed by atoms with Gasteiger partial charge in [0.25, 0.3) is 0 Å². The summed E-state index contributed by atoms with van der Waals surface area (Å²) in [6, 6.07) is 16.0. The average Bonchev–Trinajstić information content (AvgIpc) is 3.06. The molecule has 0 atom stereocenters. The largest absolute Gasteiger partial charge is 0.339 e. The quantitative estimate of drug-likeness (QED) is 0.542. The highest BCUT2D eigenvalue weighted by Crippen LogP contribution is 2.36. The lowest BCUT2D eigenvalue weighted by Crippen LogP contribution is -2.15. The second-order valence-corrected chi connectivity index (χ2v) is 6.16. The first-order chi connectivity index (χ1) is 11.2. The number of aromatic nitrogens is 3. The number of nitrogen functional groups attached to an aromatic ring is 1. The highest BCUT2D eigenvalue weighted by molar-refractivity contribution is 9.10. The molecular formula is C18H13BrN4. The molecule has 0 amide bonds. The van der Waals surface area contributed by atoms with Crippen LogP contribution in [0, 0.1) is 0 Å². The number of nitrogens with two attached hydrogens (primary N) is 1. The zero-order valence-corrected chi connectivity index (χ0v) is 13.7. The Kier molecular flexibility index (Phi) is 3.35. The molecule has 23 heavy (non-hydrogen) atoms. The third-order valence-corrected chi connectivity index (χ3v) is 4.32. The molecule has 2 aromatic rings. The Morgan fingerprint density at radius 3 is 2.57 bits per heavy atom. The molecule has 0 fully saturated rings. The zero-order chi connectivity index (χ0) is 15.8. The summed E-state index contributed by atoms with van der Waals surface area (Å²) in [6.07, 6.45) is 5.38. The SMILES string of the molecule is Nn1c(-c2cccc(Br)c2)cc(-c2cccnc2)c2nccc1-2. The average molecular weight is 365 g/mol. The monoisotopic (exact) mass is 364 g/mol. The molecule has 1 aromatic carbocycles. The molecule has 0 unspecified atom stereocenters. The number of halogens is 1. The maximum atomic E-state index is 6.34. The van der Waals surface area contributed by atoms with Crippen LogP contribution in [0.2, 0.25) is 0 Å². The van der Waals surface area contributed by atoms with Crippen LogP contribution in [0.25, 0.3) is 33.8 Å². The Balaban J connectivity index is 2.02. The molecule has 0 bridgehead atoms. The van der Waals surface area contributed by atoms with Gasteiger partial charge >= 0.3 is 0 Å². The molecule has 0 saturated heterocycles. The minimum absolute atomic E-state index is 0.874. The number of fused-ring (bicyclic) bond motifs is 1. The summed E-state index contributed by atoms with van der Waals surface area (Å²) in [5, 5.41) is 0.